The smallest absolute Gasteiger partial charge is 0.171 e. The average Bonchev–Trinajstić information content (AvgIpc) is 2.67. The van der Waals surface area contributed by atoms with Crippen molar-refractivity contribution >= 4 is 28.1 Å². The van der Waals surface area contributed by atoms with Crippen LogP contribution >= 0.6 is 0 Å². The van der Waals surface area contributed by atoms with Gasteiger partial charge in [0.15, 0.2) is 18.2 Å². The Bertz CT molecular complexity index is 641. The number of nitrogens with two attached hydrogens (primary N) is 1. The summed E-state index contributed by atoms with van der Waals surface area (Å²) in [5, 5.41) is 17.1. The van der Waals surface area contributed by atoms with E-state index in [0.29, 0.717) is 30.6 Å². The van der Waals surface area contributed by atoms with Crippen LogP contribution in [0.3, 0.4) is 0 Å². The second kappa shape index (κ2) is 4.08. The van der Waals surface area contributed by atoms with Crippen LogP contribution in [0.2, 0.25) is 0 Å². The van der Waals surface area contributed by atoms with Crippen LogP contribution in [0.15, 0.2) is 24.3 Å². The van der Waals surface area contributed by atoms with E-state index in [1.54, 1.807) is 0 Å². The minimum atomic E-state index is -0.375. The number of nitrogens with zero attached hydrogens (tertiary/aromatic N) is 2. The first-order chi connectivity index (χ1) is 9.01. The molecular formula is C14H18N4O. The van der Waals surface area contributed by atoms with Gasteiger partial charge in [0.2, 0.25) is 0 Å². The molecule has 0 fully saturated rings. The molecule has 1 aromatic carbocycles. The maximum absolute atomic E-state index is 13.1. The predicted molar refractivity (Wildman–Crippen MR) is 79.5 cm³/mol. The molecule has 100 valence electrons. The minimum Gasteiger partial charge on any atom is -0.626 e. The van der Waals surface area contributed by atoms with Gasteiger partial charge in [-0.3, -0.25) is 0 Å². The maximum atomic E-state index is 13.1. The summed E-state index contributed by atoms with van der Waals surface area (Å²) in [7, 11) is 0. The molecule has 0 saturated carbocycles. The molecule has 2 heterocycles. The fraction of sp³-hybridized carbons (Fsp3) is 0.357. The lowest BCUT2D eigenvalue weighted by Crippen LogP contribution is -2.45. The van der Waals surface area contributed by atoms with E-state index < -0.39 is 0 Å². The summed E-state index contributed by atoms with van der Waals surface area (Å²) >= 11 is 0. The Kier molecular flexibility index (Phi) is 2.62. The van der Waals surface area contributed by atoms with Gasteiger partial charge in [0.05, 0.1) is 17.4 Å². The Labute approximate surface area is 112 Å². The summed E-state index contributed by atoms with van der Waals surface area (Å²) in [6, 6.07) is 7.67. The van der Waals surface area contributed by atoms with Crippen LogP contribution < -0.4 is 15.7 Å². The summed E-state index contributed by atoms with van der Waals surface area (Å²) in [6.07, 6.45) is 0. The number of fused-ring (bicyclic) bond motifs is 3. The fourth-order valence-corrected chi connectivity index (χ4v) is 2.84. The highest BCUT2D eigenvalue weighted by Gasteiger charge is 2.35. The zero-order valence-electron chi connectivity index (χ0n) is 11.2. The van der Waals surface area contributed by atoms with E-state index in [-0.39, 0.29) is 4.65 Å². The second-order valence-electron chi connectivity index (χ2n) is 5.54. The number of nitrogens with one attached hydrogen (secondary N) is 1. The van der Waals surface area contributed by atoms with Crippen molar-refractivity contribution in [1.82, 2.24) is 9.63 Å². The van der Waals surface area contributed by atoms with Crippen LogP contribution in [0, 0.1) is 11.1 Å². The van der Waals surface area contributed by atoms with Crippen molar-refractivity contribution in [1.29, 1.82) is 0 Å². The zero-order valence-corrected chi connectivity index (χ0v) is 11.2. The Morgan fingerprint density at radius 3 is 2.89 bits per heavy atom. The van der Waals surface area contributed by atoms with Gasteiger partial charge in [-0.2, -0.15) is 0 Å². The molecule has 3 N–H and O–H groups in total. The van der Waals surface area contributed by atoms with Gasteiger partial charge in [-0.25, -0.2) is 4.98 Å². The monoisotopic (exact) mass is 258 g/mol. The first-order valence-corrected chi connectivity index (χ1v) is 6.52. The number of para-hydroxylation sites is 1. The van der Waals surface area contributed by atoms with Gasteiger partial charge in [-0.15, -0.1) is 0 Å². The lowest BCUT2D eigenvalue weighted by Gasteiger charge is -2.39. The lowest BCUT2D eigenvalue weighted by molar-refractivity contribution is 0.361. The van der Waals surface area contributed by atoms with Crippen LogP contribution in [0.25, 0.3) is 10.9 Å². The predicted octanol–water partition coefficient (Wildman–Crippen LogP) is 2.66. The Balaban J connectivity index is 2.28. The number of quaternary nitrogens is 1. The molecule has 3 rings (SSSR count). The molecule has 1 atom stereocenters. The highest BCUT2D eigenvalue weighted by Crippen LogP contribution is 2.45. The molecule has 5 nitrogen and oxygen atoms in total. The van der Waals surface area contributed by atoms with E-state index >= 15 is 0 Å². The second-order valence-corrected chi connectivity index (χ2v) is 5.54. The first kappa shape index (κ1) is 12.2. The number of pyridine rings is 1. The summed E-state index contributed by atoms with van der Waals surface area (Å²) in [5.74, 6) is 0.728. The van der Waals surface area contributed by atoms with Gasteiger partial charge in [-0.1, -0.05) is 26.0 Å². The molecule has 0 saturated heterocycles. The van der Waals surface area contributed by atoms with E-state index in [1.165, 1.54) is 0 Å². The number of hydrogen-bond acceptors (Lipinski definition) is 4. The number of hydroxylamine groups is 2. The van der Waals surface area contributed by atoms with Crippen molar-refractivity contribution < 1.29 is 0 Å². The van der Waals surface area contributed by atoms with Crippen LogP contribution in [0.1, 0.15) is 13.8 Å². The van der Waals surface area contributed by atoms with Crippen LogP contribution in [-0.4, -0.2) is 18.2 Å². The molecule has 0 aliphatic carbocycles. The summed E-state index contributed by atoms with van der Waals surface area (Å²) in [4.78, 5) is 4.36. The molecule has 2 aromatic rings. The maximum Gasteiger partial charge on any atom is 0.171 e. The third-order valence-electron chi connectivity index (χ3n) is 3.47. The standard InChI is InChI=1S/C14H18N4O/c1-9(2)7-18(19)8-16-12-13(18)10-5-3-4-6-11(10)17-14(12)15/h3-6,9,16H,7-8H2,1-2H3,(H2,15,17). The number of anilines is 2. The molecule has 0 amide bonds. The quantitative estimate of drug-likeness (QED) is 0.641. The number of hydrogen-bond donors (Lipinski definition) is 2. The van der Waals surface area contributed by atoms with Crippen molar-refractivity contribution in [3.05, 3.63) is 29.5 Å². The largest absolute Gasteiger partial charge is 0.626 e. The number of rotatable bonds is 2. The number of nitrogen functional groups attached to an aromatic ring is 1. The fourth-order valence-electron chi connectivity index (χ4n) is 2.84. The van der Waals surface area contributed by atoms with E-state index in [0.717, 1.165) is 16.6 Å². The van der Waals surface area contributed by atoms with Crippen LogP contribution in [0.4, 0.5) is 17.2 Å². The van der Waals surface area contributed by atoms with Gasteiger partial charge >= 0.3 is 0 Å². The van der Waals surface area contributed by atoms with E-state index in [2.05, 4.69) is 24.1 Å². The summed E-state index contributed by atoms with van der Waals surface area (Å²) < 4.78 is -0.375. The van der Waals surface area contributed by atoms with E-state index in [1.807, 2.05) is 24.3 Å². The third-order valence-corrected chi connectivity index (χ3v) is 3.47. The molecular weight excluding hydrogens is 240 g/mol. The molecule has 5 heteroatoms. The Hall–Kier alpha value is -1.85. The molecule has 0 radical (unpaired) electrons. The van der Waals surface area contributed by atoms with Crippen molar-refractivity contribution in [2.75, 3.05) is 24.3 Å². The van der Waals surface area contributed by atoms with Gasteiger partial charge in [0.1, 0.15) is 5.69 Å². The van der Waals surface area contributed by atoms with Gasteiger partial charge in [0.25, 0.3) is 0 Å². The summed E-state index contributed by atoms with van der Waals surface area (Å²) in [5.41, 5.74) is 8.19. The molecule has 1 unspecified atom stereocenters. The SMILES string of the molecule is CC(C)C[N+]1([O-])CNc2c(N)nc3ccccc3c21. The Morgan fingerprint density at radius 1 is 1.42 bits per heavy atom. The molecule has 0 bridgehead atoms. The Morgan fingerprint density at radius 2 is 2.16 bits per heavy atom. The summed E-state index contributed by atoms with van der Waals surface area (Å²) in [6.45, 7) is 4.98. The molecule has 0 spiro atoms. The van der Waals surface area contributed by atoms with E-state index in [9.17, 15) is 5.21 Å². The third kappa shape index (κ3) is 1.82. The first-order valence-electron chi connectivity index (χ1n) is 6.52. The lowest BCUT2D eigenvalue weighted by atomic mass is 10.1. The van der Waals surface area contributed by atoms with Gasteiger partial charge in [0, 0.05) is 5.92 Å². The van der Waals surface area contributed by atoms with Crippen molar-refractivity contribution in [2.45, 2.75) is 13.8 Å². The minimum absolute atomic E-state index is 0.318. The topological polar surface area (TPSA) is 74.0 Å². The van der Waals surface area contributed by atoms with Gasteiger partial charge < -0.3 is 20.9 Å². The van der Waals surface area contributed by atoms with Crippen LogP contribution in [-0.2, 0) is 0 Å². The van der Waals surface area contributed by atoms with Gasteiger partial charge in [-0.05, 0) is 12.1 Å². The molecule has 1 aromatic heterocycles. The number of benzene rings is 1. The van der Waals surface area contributed by atoms with E-state index in [4.69, 9.17) is 5.73 Å². The molecule has 19 heavy (non-hydrogen) atoms. The zero-order chi connectivity index (χ0) is 13.6. The number of aromatic nitrogens is 1. The molecule has 1 aliphatic heterocycles. The van der Waals surface area contributed by atoms with Crippen molar-refractivity contribution in [2.24, 2.45) is 5.92 Å². The van der Waals surface area contributed by atoms with Crippen LogP contribution in [0.5, 0.6) is 0 Å². The highest BCUT2D eigenvalue weighted by molar-refractivity contribution is 6.02. The highest BCUT2D eigenvalue weighted by atomic mass is 16.6. The van der Waals surface area contributed by atoms with Crippen molar-refractivity contribution in [3.63, 3.8) is 0 Å². The average molecular weight is 258 g/mol. The van der Waals surface area contributed by atoms with Crippen molar-refractivity contribution in [3.8, 4) is 0 Å². The molecule has 1 aliphatic rings. The normalized spacial score (nSPS) is 21.7.